The Hall–Kier alpha value is -1.26. The van der Waals surface area contributed by atoms with Crippen LogP contribution in [0.5, 0.6) is 5.75 Å². The zero-order chi connectivity index (χ0) is 14.4. The number of rotatable bonds is 5. The summed E-state index contributed by atoms with van der Waals surface area (Å²) in [5.41, 5.74) is 5.99. The molecule has 1 amide bonds. The molecule has 1 aliphatic heterocycles. The van der Waals surface area contributed by atoms with Crippen molar-refractivity contribution in [2.24, 2.45) is 5.73 Å². The first-order valence-electron chi connectivity index (χ1n) is 7.41. The smallest absolute Gasteiger partial charge is 0.226 e. The van der Waals surface area contributed by atoms with Crippen LogP contribution in [0.2, 0.25) is 0 Å². The van der Waals surface area contributed by atoms with Gasteiger partial charge in [-0.1, -0.05) is 18.2 Å². The monoisotopic (exact) mass is 312 g/mol. The lowest BCUT2D eigenvalue weighted by molar-refractivity contribution is -0.135. The summed E-state index contributed by atoms with van der Waals surface area (Å²) < 4.78 is 5.58. The SMILES string of the molecule is CC(N)C1CCCCN1C(=O)CCOc1ccccc1.Cl. The summed E-state index contributed by atoms with van der Waals surface area (Å²) in [5, 5.41) is 0. The Balaban J connectivity index is 0.00000220. The Bertz CT molecular complexity index is 426. The van der Waals surface area contributed by atoms with Crippen LogP contribution in [0.3, 0.4) is 0 Å². The number of halogens is 1. The van der Waals surface area contributed by atoms with E-state index in [1.165, 1.54) is 0 Å². The number of para-hydroxylation sites is 1. The van der Waals surface area contributed by atoms with Crippen molar-refractivity contribution < 1.29 is 9.53 Å². The highest BCUT2D eigenvalue weighted by molar-refractivity contribution is 5.85. The fourth-order valence-electron chi connectivity index (χ4n) is 2.73. The number of hydrogen-bond donors (Lipinski definition) is 1. The number of ether oxygens (including phenoxy) is 1. The summed E-state index contributed by atoms with van der Waals surface area (Å²) in [7, 11) is 0. The second-order valence-corrected chi connectivity index (χ2v) is 5.42. The third-order valence-electron chi connectivity index (χ3n) is 3.80. The summed E-state index contributed by atoms with van der Waals surface area (Å²) in [4.78, 5) is 14.2. The van der Waals surface area contributed by atoms with Crippen LogP contribution in [-0.4, -0.2) is 36.0 Å². The minimum atomic E-state index is 0. The zero-order valence-corrected chi connectivity index (χ0v) is 13.3. The van der Waals surface area contributed by atoms with Gasteiger partial charge in [-0.05, 0) is 38.3 Å². The van der Waals surface area contributed by atoms with Crippen LogP contribution in [-0.2, 0) is 4.79 Å². The summed E-state index contributed by atoms with van der Waals surface area (Å²) >= 11 is 0. The molecule has 0 spiro atoms. The van der Waals surface area contributed by atoms with Crippen LogP contribution in [0.15, 0.2) is 30.3 Å². The number of amides is 1. The molecule has 21 heavy (non-hydrogen) atoms. The minimum absolute atomic E-state index is 0. The van der Waals surface area contributed by atoms with E-state index >= 15 is 0 Å². The van der Waals surface area contributed by atoms with E-state index in [-0.39, 0.29) is 30.4 Å². The molecular formula is C16H25ClN2O2. The van der Waals surface area contributed by atoms with Crippen LogP contribution in [0, 0.1) is 0 Å². The summed E-state index contributed by atoms with van der Waals surface area (Å²) in [6, 6.07) is 9.81. The van der Waals surface area contributed by atoms with Gasteiger partial charge in [-0.25, -0.2) is 0 Å². The second kappa shape index (κ2) is 8.90. The average Bonchev–Trinajstić information content (AvgIpc) is 2.48. The molecule has 0 radical (unpaired) electrons. The Kier molecular flexibility index (Phi) is 7.54. The maximum absolute atomic E-state index is 12.3. The predicted octanol–water partition coefficient (Wildman–Crippen LogP) is 2.61. The number of benzene rings is 1. The topological polar surface area (TPSA) is 55.6 Å². The van der Waals surface area contributed by atoms with E-state index in [9.17, 15) is 4.79 Å². The van der Waals surface area contributed by atoms with Gasteiger partial charge in [0.1, 0.15) is 5.75 Å². The van der Waals surface area contributed by atoms with Crippen molar-refractivity contribution in [1.29, 1.82) is 0 Å². The maximum atomic E-state index is 12.3. The normalized spacial score (nSPS) is 19.5. The van der Waals surface area contributed by atoms with Gasteiger partial charge in [0.2, 0.25) is 5.91 Å². The van der Waals surface area contributed by atoms with Gasteiger partial charge >= 0.3 is 0 Å². The van der Waals surface area contributed by atoms with E-state index in [0.29, 0.717) is 13.0 Å². The van der Waals surface area contributed by atoms with E-state index < -0.39 is 0 Å². The number of carbonyl (C=O) groups excluding carboxylic acids is 1. The van der Waals surface area contributed by atoms with Crippen molar-refractivity contribution >= 4 is 18.3 Å². The number of likely N-dealkylation sites (tertiary alicyclic amines) is 1. The highest BCUT2D eigenvalue weighted by Crippen LogP contribution is 2.20. The fourth-order valence-corrected chi connectivity index (χ4v) is 2.73. The third kappa shape index (κ3) is 5.21. The first-order chi connectivity index (χ1) is 9.68. The lowest BCUT2D eigenvalue weighted by atomic mass is 9.96. The minimum Gasteiger partial charge on any atom is -0.493 e. The van der Waals surface area contributed by atoms with Crippen molar-refractivity contribution in [2.45, 2.75) is 44.7 Å². The average molecular weight is 313 g/mol. The molecule has 2 N–H and O–H groups in total. The first-order valence-corrected chi connectivity index (χ1v) is 7.41. The largest absolute Gasteiger partial charge is 0.493 e. The van der Waals surface area contributed by atoms with Crippen molar-refractivity contribution in [3.63, 3.8) is 0 Å². The quantitative estimate of drug-likeness (QED) is 0.909. The second-order valence-electron chi connectivity index (χ2n) is 5.42. The summed E-state index contributed by atoms with van der Waals surface area (Å²) in [5.74, 6) is 0.964. The van der Waals surface area contributed by atoms with Gasteiger partial charge in [0.25, 0.3) is 0 Å². The molecule has 2 unspecified atom stereocenters. The number of piperidine rings is 1. The van der Waals surface area contributed by atoms with Gasteiger partial charge in [-0.3, -0.25) is 4.79 Å². The van der Waals surface area contributed by atoms with Gasteiger partial charge in [-0.15, -0.1) is 12.4 Å². The first kappa shape index (κ1) is 17.8. The predicted molar refractivity (Wildman–Crippen MR) is 86.8 cm³/mol. The molecule has 2 atom stereocenters. The van der Waals surface area contributed by atoms with Crippen LogP contribution in [0.4, 0.5) is 0 Å². The Morgan fingerprint density at radius 2 is 2.10 bits per heavy atom. The molecule has 0 aliphatic carbocycles. The van der Waals surface area contributed by atoms with Crippen LogP contribution >= 0.6 is 12.4 Å². The molecule has 0 saturated carbocycles. The Morgan fingerprint density at radius 1 is 1.38 bits per heavy atom. The van der Waals surface area contributed by atoms with E-state index in [1.54, 1.807) is 0 Å². The van der Waals surface area contributed by atoms with E-state index in [4.69, 9.17) is 10.5 Å². The summed E-state index contributed by atoms with van der Waals surface area (Å²) in [6.07, 6.45) is 3.67. The Labute approximate surface area is 133 Å². The molecule has 1 aromatic rings. The molecule has 0 aromatic heterocycles. The number of nitrogens with two attached hydrogens (primary N) is 1. The zero-order valence-electron chi connectivity index (χ0n) is 12.5. The fraction of sp³-hybridized carbons (Fsp3) is 0.562. The molecule has 1 saturated heterocycles. The van der Waals surface area contributed by atoms with E-state index in [0.717, 1.165) is 31.6 Å². The van der Waals surface area contributed by atoms with Gasteiger partial charge < -0.3 is 15.4 Å². The van der Waals surface area contributed by atoms with Crippen molar-refractivity contribution in [2.75, 3.05) is 13.2 Å². The molecule has 2 rings (SSSR count). The maximum Gasteiger partial charge on any atom is 0.226 e. The molecule has 4 nitrogen and oxygen atoms in total. The summed E-state index contributed by atoms with van der Waals surface area (Å²) in [6.45, 7) is 3.23. The number of hydrogen-bond acceptors (Lipinski definition) is 3. The van der Waals surface area contributed by atoms with Gasteiger partial charge in [0.05, 0.1) is 13.0 Å². The molecule has 1 aromatic carbocycles. The van der Waals surface area contributed by atoms with Gasteiger partial charge in [0, 0.05) is 18.6 Å². The third-order valence-corrected chi connectivity index (χ3v) is 3.80. The van der Waals surface area contributed by atoms with E-state index in [1.807, 2.05) is 42.2 Å². The molecule has 5 heteroatoms. The van der Waals surface area contributed by atoms with Gasteiger partial charge in [-0.2, -0.15) is 0 Å². The lowest BCUT2D eigenvalue weighted by Crippen LogP contribution is -2.51. The molecule has 118 valence electrons. The van der Waals surface area contributed by atoms with Crippen molar-refractivity contribution in [3.8, 4) is 5.75 Å². The Morgan fingerprint density at radius 3 is 2.76 bits per heavy atom. The van der Waals surface area contributed by atoms with Crippen LogP contribution in [0.25, 0.3) is 0 Å². The van der Waals surface area contributed by atoms with Crippen molar-refractivity contribution in [3.05, 3.63) is 30.3 Å². The van der Waals surface area contributed by atoms with Crippen molar-refractivity contribution in [1.82, 2.24) is 4.90 Å². The van der Waals surface area contributed by atoms with E-state index in [2.05, 4.69) is 0 Å². The standard InChI is InChI=1S/C16H24N2O2.ClH/c1-13(17)15-9-5-6-11-18(15)16(19)10-12-20-14-7-3-2-4-8-14;/h2-4,7-8,13,15H,5-6,9-12,17H2,1H3;1H. The highest BCUT2D eigenvalue weighted by Gasteiger charge is 2.28. The molecule has 0 bridgehead atoms. The molecule has 1 aliphatic rings. The van der Waals surface area contributed by atoms with Crippen LogP contribution < -0.4 is 10.5 Å². The number of carbonyl (C=O) groups is 1. The lowest BCUT2D eigenvalue weighted by Gasteiger charge is -2.38. The van der Waals surface area contributed by atoms with Crippen LogP contribution in [0.1, 0.15) is 32.6 Å². The number of nitrogens with zero attached hydrogens (tertiary/aromatic N) is 1. The molecule has 1 heterocycles. The highest BCUT2D eigenvalue weighted by atomic mass is 35.5. The molecule has 1 fully saturated rings. The van der Waals surface area contributed by atoms with Gasteiger partial charge in [0.15, 0.2) is 0 Å². The molecular weight excluding hydrogens is 288 g/mol.